The number of H-pyrrole nitrogens is 1. The van der Waals surface area contributed by atoms with E-state index in [1.165, 1.54) is 18.4 Å². The van der Waals surface area contributed by atoms with Crippen molar-refractivity contribution in [1.82, 2.24) is 4.98 Å². The molecular weight excluding hydrogens is 200 g/mol. The lowest BCUT2D eigenvalue weighted by molar-refractivity contribution is 0.457. The Morgan fingerprint density at radius 2 is 2.25 bits per heavy atom. The van der Waals surface area contributed by atoms with Gasteiger partial charge < -0.3 is 10.1 Å². The maximum absolute atomic E-state index is 9.81. The van der Waals surface area contributed by atoms with Crippen LogP contribution in [0.15, 0.2) is 23.2 Å². The van der Waals surface area contributed by atoms with Gasteiger partial charge in [-0.3, -0.25) is 4.99 Å². The zero-order valence-electron chi connectivity index (χ0n) is 9.20. The summed E-state index contributed by atoms with van der Waals surface area (Å²) in [6, 6.07) is 6.58. The van der Waals surface area contributed by atoms with Crippen molar-refractivity contribution in [1.29, 1.82) is 0 Å². The first kappa shape index (κ1) is 9.46. The molecule has 1 saturated carbocycles. The van der Waals surface area contributed by atoms with Crippen molar-refractivity contribution in [2.75, 3.05) is 0 Å². The Morgan fingerprint density at radius 1 is 1.44 bits per heavy atom. The van der Waals surface area contributed by atoms with Crippen molar-refractivity contribution in [2.45, 2.75) is 25.8 Å². The van der Waals surface area contributed by atoms with Crippen molar-refractivity contribution in [3.63, 3.8) is 0 Å². The maximum atomic E-state index is 9.81. The molecule has 1 heterocycles. The molecule has 1 aromatic heterocycles. The lowest BCUT2D eigenvalue weighted by Gasteiger charge is -1.93. The predicted octanol–water partition coefficient (Wildman–Crippen LogP) is 2.76. The monoisotopic (exact) mass is 214 g/mol. The van der Waals surface area contributed by atoms with Gasteiger partial charge in [-0.25, -0.2) is 0 Å². The molecule has 0 aliphatic heterocycles. The Bertz CT molecular complexity index is 565. The number of aromatic nitrogens is 1. The highest BCUT2D eigenvalue weighted by atomic mass is 16.3. The highest BCUT2D eigenvalue weighted by Gasteiger charge is 2.19. The Hall–Kier alpha value is -1.77. The van der Waals surface area contributed by atoms with Gasteiger partial charge >= 0.3 is 0 Å². The molecule has 0 saturated heterocycles. The predicted molar refractivity (Wildman–Crippen MR) is 65.3 cm³/mol. The highest BCUT2D eigenvalue weighted by molar-refractivity contribution is 6.02. The number of aliphatic imine (C=N–C) groups is 1. The van der Waals surface area contributed by atoms with Crippen LogP contribution >= 0.6 is 0 Å². The number of fused-ring (bicyclic) bond motifs is 1. The molecule has 2 aromatic rings. The minimum atomic E-state index is 0.213. The van der Waals surface area contributed by atoms with Gasteiger partial charge in [0.2, 0.25) is 0 Å². The zero-order valence-corrected chi connectivity index (χ0v) is 9.20. The summed E-state index contributed by atoms with van der Waals surface area (Å²) in [6.45, 7) is 2.04. The second-order valence-electron chi connectivity index (χ2n) is 4.45. The Labute approximate surface area is 93.8 Å². The zero-order chi connectivity index (χ0) is 11.1. The lowest BCUT2D eigenvalue weighted by atomic mass is 10.1. The Kier molecular flexibility index (Phi) is 1.99. The number of hydrogen-bond donors (Lipinski definition) is 2. The molecule has 0 unspecified atom stereocenters. The molecule has 2 N–H and O–H groups in total. The highest BCUT2D eigenvalue weighted by Crippen LogP contribution is 2.28. The topological polar surface area (TPSA) is 48.4 Å². The average molecular weight is 214 g/mol. The van der Waals surface area contributed by atoms with Crippen LogP contribution < -0.4 is 0 Å². The number of aryl methyl sites for hydroxylation is 1. The second-order valence-corrected chi connectivity index (χ2v) is 4.45. The molecular formula is C13H14N2O. The summed E-state index contributed by atoms with van der Waals surface area (Å²) in [4.78, 5) is 7.38. The summed E-state index contributed by atoms with van der Waals surface area (Å²) in [5, 5.41) is 10.8. The number of rotatable bonds is 2. The fourth-order valence-corrected chi connectivity index (χ4v) is 1.85. The van der Waals surface area contributed by atoms with Crippen LogP contribution in [0, 0.1) is 6.92 Å². The fourth-order valence-electron chi connectivity index (χ4n) is 1.85. The summed E-state index contributed by atoms with van der Waals surface area (Å²) < 4.78 is 0. The van der Waals surface area contributed by atoms with Crippen LogP contribution in [0.4, 0.5) is 0 Å². The molecule has 0 atom stereocenters. The quantitative estimate of drug-likeness (QED) is 0.742. The van der Waals surface area contributed by atoms with E-state index in [2.05, 4.69) is 9.98 Å². The Balaban J connectivity index is 2.11. The molecule has 1 aromatic carbocycles. The third kappa shape index (κ3) is 1.58. The number of nitrogens with zero attached hydrogens (tertiary/aromatic N) is 1. The van der Waals surface area contributed by atoms with Gasteiger partial charge in [0.15, 0.2) is 5.88 Å². The van der Waals surface area contributed by atoms with Gasteiger partial charge in [0.25, 0.3) is 0 Å². The molecule has 0 bridgehead atoms. The van der Waals surface area contributed by atoms with Gasteiger partial charge in [0, 0.05) is 17.1 Å². The molecule has 1 fully saturated rings. The molecule has 1 aliphatic rings. The standard InChI is InChI=1S/C13H14N2O/c1-8-2-5-10-11(7-14-9-3-4-9)13(16)15-12(10)6-8/h2,5-7,9,15-16H,3-4H2,1H3. The van der Waals surface area contributed by atoms with E-state index in [-0.39, 0.29) is 5.88 Å². The Morgan fingerprint density at radius 3 is 3.00 bits per heavy atom. The van der Waals surface area contributed by atoms with Crippen LogP contribution in [-0.2, 0) is 0 Å². The fraction of sp³-hybridized carbons (Fsp3) is 0.308. The number of nitrogens with one attached hydrogen (secondary N) is 1. The van der Waals surface area contributed by atoms with Gasteiger partial charge in [0.1, 0.15) is 0 Å². The minimum absolute atomic E-state index is 0.213. The number of aromatic hydroxyl groups is 1. The van der Waals surface area contributed by atoms with Crippen molar-refractivity contribution in [3.8, 4) is 5.88 Å². The van der Waals surface area contributed by atoms with E-state index in [9.17, 15) is 5.11 Å². The van der Waals surface area contributed by atoms with Crippen LogP contribution in [0.25, 0.3) is 10.9 Å². The van der Waals surface area contributed by atoms with Crippen LogP contribution in [0.3, 0.4) is 0 Å². The molecule has 82 valence electrons. The van der Waals surface area contributed by atoms with E-state index in [4.69, 9.17) is 0 Å². The van der Waals surface area contributed by atoms with E-state index in [1.807, 2.05) is 25.1 Å². The van der Waals surface area contributed by atoms with E-state index in [0.29, 0.717) is 6.04 Å². The average Bonchev–Trinajstić information content (AvgIpc) is 3.00. The molecule has 3 nitrogen and oxygen atoms in total. The van der Waals surface area contributed by atoms with Crippen molar-refractivity contribution in [3.05, 3.63) is 29.3 Å². The SMILES string of the molecule is Cc1ccc2c(C=NC3CC3)c(O)[nH]c2c1. The van der Waals surface area contributed by atoms with Crippen LogP contribution in [0.5, 0.6) is 5.88 Å². The number of benzene rings is 1. The van der Waals surface area contributed by atoms with E-state index in [1.54, 1.807) is 6.21 Å². The minimum Gasteiger partial charge on any atom is -0.494 e. The van der Waals surface area contributed by atoms with Gasteiger partial charge in [-0.15, -0.1) is 0 Å². The van der Waals surface area contributed by atoms with E-state index in [0.717, 1.165) is 16.5 Å². The van der Waals surface area contributed by atoms with Crippen LogP contribution in [0.2, 0.25) is 0 Å². The lowest BCUT2D eigenvalue weighted by Crippen LogP contribution is -1.82. The molecule has 0 amide bonds. The normalized spacial score (nSPS) is 16.3. The molecule has 0 radical (unpaired) electrons. The molecule has 16 heavy (non-hydrogen) atoms. The smallest absolute Gasteiger partial charge is 0.198 e. The number of aromatic amines is 1. The van der Waals surface area contributed by atoms with Gasteiger partial charge in [-0.05, 0) is 31.4 Å². The van der Waals surface area contributed by atoms with Crippen molar-refractivity contribution in [2.24, 2.45) is 4.99 Å². The van der Waals surface area contributed by atoms with E-state index >= 15 is 0 Å². The first-order valence-corrected chi connectivity index (χ1v) is 5.58. The van der Waals surface area contributed by atoms with Gasteiger partial charge in [-0.2, -0.15) is 0 Å². The van der Waals surface area contributed by atoms with Crippen molar-refractivity contribution < 1.29 is 5.11 Å². The molecule has 0 spiro atoms. The van der Waals surface area contributed by atoms with E-state index < -0.39 is 0 Å². The molecule has 3 rings (SSSR count). The van der Waals surface area contributed by atoms with Crippen LogP contribution in [-0.4, -0.2) is 22.3 Å². The first-order valence-electron chi connectivity index (χ1n) is 5.58. The third-order valence-corrected chi connectivity index (χ3v) is 2.93. The summed E-state index contributed by atoms with van der Waals surface area (Å²) >= 11 is 0. The molecule has 1 aliphatic carbocycles. The molecule has 3 heteroatoms. The third-order valence-electron chi connectivity index (χ3n) is 2.93. The summed E-state index contributed by atoms with van der Waals surface area (Å²) in [5.74, 6) is 0.213. The summed E-state index contributed by atoms with van der Waals surface area (Å²) in [5.41, 5.74) is 2.95. The first-order chi connectivity index (χ1) is 7.74. The van der Waals surface area contributed by atoms with Crippen LogP contribution in [0.1, 0.15) is 24.0 Å². The van der Waals surface area contributed by atoms with Gasteiger partial charge in [-0.1, -0.05) is 12.1 Å². The number of hydrogen-bond acceptors (Lipinski definition) is 2. The van der Waals surface area contributed by atoms with Gasteiger partial charge in [0.05, 0.1) is 11.6 Å². The van der Waals surface area contributed by atoms with Crippen molar-refractivity contribution >= 4 is 17.1 Å². The second kappa shape index (κ2) is 3.37. The largest absolute Gasteiger partial charge is 0.494 e. The maximum Gasteiger partial charge on any atom is 0.198 e. The summed E-state index contributed by atoms with van der Waals surface area (Å²) in [7, 11) is 0. The summed E-state index contributed by atoms with van der Waals surface area (Å²) in [6.07, 6.45) is 4.15.